The van der Waals surface area contributed by atoms with E-state index < -0.39 is 24.5 Å². The molecule has 2 aromatic rings. The standard InChI is InChI=1S/C26H33F2N5O3S/c1-26(2,3)32-19-11-15(22(27)28)16(12-29-19)21-20(25(36)33-13-7-8-14(33)10-9-13)31-24(37-21)23(35)30-17-5-4-6-18(17)34/h11-14,17-18,22,34H,4-10H2,1-3H3,(H,29,32)(H,30,35)/t13-,14-,17-,18-/m0/s1. The van der Waals surface area contributed by atoms with Crippen LogP contribution in [0.25, 0.3) is 10.4 Å². The van der Waals surface area contributed by atoms with Gasteiger partial charge in [0.1, 0.15) is 11.5 Å². The molecule has 2 aliphatic heterocycles. The Balaban J connectivity index is 1.55. The van der Waals surface area contributed by atoms with Gasteiger partial charge in [0.25, 0.3) is 18.2 Å². The summed E-state index contributed by atoms with van der Waals surface area (Å²) < 4.78 is 28.6. The Kier molecular flexibility index (Phi) is 6.95. The average molecular weight is 534 g/mol. The number of aliphatic hydroxyl groups excluding tert-OH is 1. The van der Waals surface area contributed by atoms with Gasteiger partial charge in [-0.05, 0) is 71.8 Å². The van der Waals surface area contributed by atoms with E-state index in [4.69, 9.17) is 0 Å². The number of carbonyl (C=O) groups excluding carboxylic acids is 2. The SMILES string of the molecule is CC(C)(C)Nc1cc(C(F)F)c(-c2sc(C(=O)N[C@H]3CCC[C@@H]3O)nc2C(=O)N2[C@H]3CC[C@H]2CC3)cn1. The summed E-state index contributed by atoms with van der Waals surface area (Å²) in [6, 6.07) is 1.13. The first-order valence-corrected chi connectivity index (χ1v) is 13.7. The molecule has 5 rings (SSSR count). The third-order valence-electron chi connectivity index (χ3n) is 7.43. The molecule has 0 aromatic carbocycles. The van der Waals surface area contributed by atoms with Crippen molar-refractivity contribution in [1.82, 2.24) is 20.2 Å². The van der Waals surface area contributed by atoms with Crippen LogP contribution in [0.5, 0.6) is 0 Å². The maximum Gasteiger partial charge on any atom is 0.280 e. The number of hydrogen-bond acceptors (Lipinski definition) is 7. The van der Waals surface area contributed by atoms with Crippen LogP contribution >= 0.6 is 11.3 Å². The molecule has 8 nitrogen and oxygen atoms in total. The van der Waals surface area contributed by atoms with Gasteiger partial charge in [0.15, 0.2) is 5.01 Å². The van der Waals surface area contributed by atoms with Gasteiger partial charge in [0.2, 0.25) is 0 Å². The molecule has 0 spiro atoms. The smallest absolute Gasteiger partial charge is 0.280 e. The van der Waals surface area contributed by atoms with Crippen LogP contribution in [0.2, 0.25) is 0 Å². The van der Waals surface area contributed by atoms with Gasteiger partial charge in [-0.2, -0.15) is 0 Å². The van der Waals surface area contributed by atoms with Crippen LogP contribution in [-0.2, 0) is 0 Å². The molecule has 2 aromatic heterocycles. The maximum absolute atomic E-state index is 14.3. The normalized spacial score (nSPS) is 25.2. The molecule has 1 aliphatic carbocycles. The molecule has 1 saturated carbocycles. The number of anilines is 1. The van der Waals surface area contributed by atoms with Gasteiger partial charge in [-0.3, -0.25) is 9.59 Å². The third-order valence-corrected chi connectivity index (χ3v) is 8.51. The molecule has 2 saturated heterocycles. The van der Waals surface area contributed by atoms with Crippen molar-refractivity contribution >= 4 is 29.0 Å². The van der Waals surface area contributed by atoms with Crippen molar-refractivity contribution in [3.8, 4) is 10.4 Å². The molecule has 0 radical (unpaired) electrons. The van der Waals surface area contributed by atoms with Crippen LogP contribution in [0, 0.1) is 0 Å². The summed E-state index contributed by atoms with van der Waals surface area (Å²) in [7, 11) is 0. The van der Waals surface area contributed by atoms with E-state index in [0.717, 1.165) is 43.4 Å². The Hall–Kier alpha value is -2.66. The summed E-state index contributed by atoms with van der Waals surface area (Å²) in [4.78, 5) is 37.6. The second-order valence-corrected chi connectivity index (χ2v) is 12.3. The number of hydrogen-bond donors (Lipinski definition) is 3. The summed E-state index contributed by atoms with van der Waals surface area (Å²) in [5.41, 5.74) is -0.546. The molecule has 11 heteroatoms. The van der Waals surface area contributed by atoms with Gasteiger partial charge >= 0.3 is 0 Å². The Morgan fingerprint density at radius 2 is 1.81 bits per heavy atom. The highest BCUT2D eigenvalue weighted by atomic mass is 32.1. The lowest BCUT2D eigenvalue weighted by Crippen LogP contribution is -2.40. The van der Waals surface area contributed by atoms with Crippen molar-refractivity contribution < 1.29 is 23.5 Å². The predicted molar refractivity (Wildman–Crippen MR) is 137 cm³/mol. The first-order chi connectivity index (χ1) is 17.5. The number of halogens is 2. The molecule has 37 heavy (non-hydrogen) atoms. The lowest BCUT2D eigenvalue weighted by atomic mass is 10.0. The first-order valence-electron chi connectivity index (χ1n) is 12.9. The van der Waals surface area contributed by atoms with E-state index >= 15 is 0 Å². The fourth-order valence-electron chi connectivity index (χ4n) is 5.74. The van der Waals surface area contributed by atoms with E-state index in [-0.39, 0.29) is 50.2 Å². The van der Waals surface area contributed by atoms with Crippen molar-refractivity contribution in [2.45, 2.75) is 102 Å². The Labute approximate surface area is 218 Å². The van der Waals surface area contributed by atoms with E-state index in [0.29, 0.717) is 18.7 Å². The van der Waals surface area contributed by atoms with Gasteiger partial charge in [-0.25, -0.2) is 18.7 Å². The van der Waals surface area contributed by atoms with E-state index in [1.165, 1.54) is 12.3 Å². The van der Waals surface area contributed by atoms with E-state index in [2.05, 4.69) is 20.6 Å². The number of aliphatic hydroxyl groups is 1. The van der Waals surface area contributed by atoms with Gasteiger partial charge in [0, 0.05) is 34.9 Å². The molecule has 4 heterocycles. The summed E-state index contributed by atoms with van der Waals surface area (Å²) in [5.74, 6) is -0.541. The molecule has 3 aliphatic rings. The highest BCUT2D eigenvalue weighted by molar-refractivity contribution is 7.17. The first kappa shape index (κ1) is 26.0. The van der Waals surface area contributed by atoms with Gasteiger partial charge in [0.05, 0.1) is 17.0 Å². The molecule has 3 N–H and O–H groups in total. The third kappa shape index (κ3) is 5.20. The van der Waals surface area contributed by atoms with Crippen LogP contribution in [0.1, 0.15) is 98.0 Å². The summed E-state index contributed by atoms with van der Waals surface area (Å²) in [6.07, 6.45) is 3.60. The van der Waals surface area contributed by atoms with Crippen molar-refractivity contribution in [1.29, 1.82) is 0 Å². The Morgan fingerprint density at radius 1 is 1.14 bits per heavy atom. The number of fused-ring (bicyclic) bond motifs is 2. The van der Waals surface area contributed by atoms with Crippen LogP contribution in [0.4, 0.5) is 14.6 Å². The summed E-state index contributed by atoms with van der Waals surface area (Å²) in [5, 5.41) is 16.1. The van der Waals surface area contributed by atoms with Gasteiger partial charge < -0.3 is 20.6 Å². The zero-order chi connectivity index (χ0) is 26.5. The zero-order valence-corrected chi connectivity index (χ0v) is 22.1. The summed E-state index contributed by atoms with van der Waals surface area (Å²) in [6.45, 7) is 5.71. The van der Waals surface area contributed by atoms with Gasteiger partial charge in [-0.1, -0.05) is 0 Å². The second-order valence-electron chi connectivity index (χ2n) is 11.3. The maximum atomic E-state index is 14.3. The largest absolute Gasteiger partial charge is 0.391 e. The molecular formula is C26H33F2N5O3S. The number of pyridine rings is 1. The number of nitrogens with one attached hydrogen (secondary N) is 2. The fourth-order valence-corrected chi connectivity index (χ4v) is 6.74. The van der Waals surface area contributed by atoms with Crippen molar-refractivity contribution in [3.63, 3.8) is 0 Å². The number of amides is 2. The Bertz CT molecular complexity index is 1180. The number of aromatic nitrogens is 2. The molecule has 200 valence electrons. The van der Waals surface area contributed by atoms with Crippen LogP contribution < -0.4 is 10.6 Å². The van der Waals surface area contributed by atoms with Crippen molar-refractivity contribution in [2.24, 2.45) is 0 Å². The predicted octanol–water partition coefficient (Wildman–Crippen LogP) is 4.76. The van der Waals surface area contributed by atoms with E-state index in [1.807, 2.05) is 25.7 Å². The topological polar surface area (TPSA) is 107 Å². The number of nitrogens with zero attached hydrogens (tertiary/aromatic N) is 3. The Morgan fingerprint density at radius 3 is 2.38 bits per heavy atom. The quantitative estimate of drug-likeness (QED) is 0.494. The minimum Gasteiger partial charge on any atom is -0.391 e. The number of alkyl halides is 2. The number of rotatable bonds is 6. The van der Waals surface area contributed by atoms with E-state index in [9.17, 15) is 23.5 Å². The second kappa shape index (κ2) is 9.90. The highest BCUT2D eigenvalue weighted by Gasteiger charge is 2.44. The fraction of sp³-hybridized carbons (Fsp3) is 0.615. The molecule has 3 fully saturated rings. The highest BCUT2D eigenvalue weighted by Crippen LogP contribution is 2.42. The number of thiazole rings is 1. The minimum absolute atomic E-state index is 0.0149. The molecule has 0 unspecified atom stereocenters. The number of carbonyl (C=O) groups is 2. The van der Waals surface area contributed by atoms with Crippen LogP contribution in [0.15, 0.2) is 12.3 Å². The van der Waals surface area contributed by atoms with Crippen LogP contribution in [-0.4, -0.2) is 61.6 Å². The van der Waals surface area contributed by atoms with E-state index in [1.54, 1.807) is 0 Å². The van der Waals surface area contributed by atoms with Crippen molar-refractivity contribution in [3.05, 3.63) is 28.5 Å². The lowest BCUT2D eigenvalue weighted by molar-refractivity contribution is 0.0725. The minimum atomic E-state index is -2.82. The molecule has 2 atom stereocenters. The average Bonchev–Trinajstić information content (AvgIpc) is 3.62. The monoisotopic (exact) mass is 533 g/mol. The molecule has 2 amide bonds. The van der Waals surface area contributed by atoms with Crippen molar-refractivity contribution in [2.75, 3.05) is 5.32 Å². The zero-order valence-electron chi connectivity index (χ0n) is 21.3. The lowest BCUT2D eigenvalue weighted by Gasteiger charge is -2.23. The molecular weight excluding hydrogens is 500 g/mol. The van der Waals surface area contributed by atoms with Gasteiger partial charge in [-0.15, -0.1) is 11.3 Å². The molecule has 2 bridgehead atoms. The van der Waals surface area contributed by atoms with Crippen LogP contribution in [0.3, 0.4) is 0 Å². The summed E-state index contributed by atoms with van der Waals surface area (Å²) >= 11 is 0.920.